The molecule has 3 N–H and O–H groups in total. The molecule has 1 aromatic rings. The number of carbonyl (C=O) groups is 1. The fraction of sp³-hybridized carbons (Fsp3) is 0.562. The summed E-state index contributed by atoms with van der Waals surface area (Å²) in [7, 11) is 0. The van der Waals surface area contributed by atoms with Crippen molar-refractivity contribution in [2.75, 3.05) is 18.8 Å². The van der Waals surface area contributed by atoms with Crippen LogP contribution < -0.4 is 11.1 Å². The maximum atomic E-state index is 9.60. The lowest BCUT2D eigenvalue weighted by Crippen LogP contribution is -2.26. The first-order chi connectivity index (χ1) is 9.42. The van der Waals surface area contributed by atoms with Gasteiger partial charge in [-0.1, -0.05) is 12.1 Å². The van der Waals surface area contributed by atoms with Gasteiger partial charge in [-0.3, -0.25) is 4.79 Å². The first kappa shape index (κ1) is 16.5. The Bertz CT molecular complexity index is 407. The SMILES string of the molecule is CC(C)(C)OC=O.Nc1cccc(C2CCNCC2)c1. The lowest BCUT2D eigenvalue weighted by molar-refractivity contribution is -0.138. The van der Waals surface area contributed by atoms with E-state index in [0.29, 0.717) is 12.4 Å². The molecule has 4 heteroatoms. The number of carbonyl (C=O) groups excluding carboxylic acids is 1. The van der Waals surface area contributed by atoms with Gasteiger partial charge in [-0.2, -0.15) is 0 Å². The fourth-order valence-corrected chi connectivity index (χ4v) is 2.11. The highest BCUT2D eigenvalue weighted by molar-refractivity contribution is 5.41. The Morgan fingerprint density at radius 3 is 2.40 bits per heavy atom. The predicted molar refractivity (Wildman–Crippen MR) is 82.6 cm³/mol. The molecule has 112 valence electrons. The number of hydrogen-bond acceptors (Lipinski definition) is 4. The van der Waals surface area contributed by atoms with E-state index in [1.807, 2.05) is 32.9 Å². The van der Waals surface area contributed by atoms with E-state index in [9.17, 15) is 4.79 Å². The second-order valence-corrected chi connectivity index (χ2v) is 6.02. The molecule has 0 saturated carbocycles. The predicted octanol–water partition coefficient (Wildman–Crippen LogP) is 2.69. The van der Waals surface area contributed by atoms with Gasteiger partial charge in [0.15, 0.2) is 0 Å². The van der Waals surface area contributed by atoms with Crippen LogP contribution in [0, 0.1) is 0 Å². The molecular formula is C16H26N2O2. The minimum atomic E-state index is -0.318. The summed E-state index contributed by atoms with van der Waals surface area (Å²) in [6.45, 7) is 8.20. The van der Waals surface area contributed by atoms with Crippen LogP contribution in [0.3, 0.4) is 0 Å². The van der Waals surface area contributed by atoms with Crippen molar-refractivity contribution >= 4 is 12.2 Å². The van der Waals surface area contributed by atoms with E-state index in [0.717, 1.165) is 18.8 Å². The second-order valence-electron chi connectivity index (χ2n) is 6.02. The van der Waals surface area contributed by atoms with Crippen molar-refractivity contribution in [2.24, 2.45) is 0 Å². The molecule has 0 unspecified atom stereocenters. The molecule has 1 saturated heterocycles. The fourth-order valence-electron chi connectivity index (χ4n) is 2.11. The van der Waals surface area contributed by atoms with E-state index >= 15 is 0 Å². The molecule has 0 atom stereocenters. The Labute approximate surface area is 121 Å². The van der Waals surface area contributed by atoms with Gasteiger partial charge in [0, 0.05) is 5.69 Å². The van der Waals surface area contributed by atoms with E-state index in [1.165, 1.54) is 18.4 Å². The maximum Gasteiger partial charge on any atom is 0.293 e. The second kappa shape index (κ2) is 7.90. The highest BCUT2D eigenvalue weighted by atomic mass is 16.5. The van der Waals surface area contributed by atoms with Gasteiger partial charge in [0.2, 0.25) is 0 Å². The number of nitrogens with one attached hydrogen (secondary N) is 1. The Hall–Kier alpha value is -1.55. The molecule has 0 spiro atoms. The summed E-state index contributed by atoms with van der Waals surface area (Å²) in [5.41, 5.74) is 7.72. The molecule has 1 fully saturated rings. The van der Waals surface area contributed by atoms with Crippen molar-refractivity contribution in [1.82, 2.24) is 5.32 Å². The Balaban J connectivity index is 0.000000246. The van der Waals surface area contributed by atoms with Gasteiger partial charge in [-0.15, -0.1) is 0 Å². The van der Waals surface area contributed by atoms with E-state index < -0.39 is 0 Å². The van der Waals surface area contributed by atoms with Crippen molar-refractivity contribution in [3.05, 3.63) is 29.8 Å². The summed E-state index contributed by atoms with van der Waals surface area (Å²) in [5, 5.41) is 3.37. The third kappa shape index (κ3) is 6.57. The molecule has 0 radical (unpaired) electrons. The van der Waals surface area contributed by atoms with Crippen LogP contribution in [0.4, 0.5) is 5.69 Å². The van der Waals surface area contributed by atoms with Crippen molar-refractivity contribution in [1.29, 1.82) is 0 Å². The molecule has 4 nitrogen and oxygen atoms in total. The topological polar surface area (TPSA) is 64.3 Å². The summed E-state index contributed by atoms with van der Waals surface area (Å²) >= 11 is 0. The number of nitrogen functional groups attached to an aromatic ring is 1. The third-order valence-corrected chi connectivity index (χ3v) is 3.12. The van der Waals surface area contributed by atoms with Gasteiger partial charge in [0.1, 0.15) is 5.60 Å². The molecule has 20 heavy (non-hydrogen) atoms. The van der Waals surface area contributed by atoms with Crippen molar-refractivity contribution in [3.63, 3.8) is 0 Å². The molecule has 0 bridgehead atoms. The van der Waals surface area contributed by atoms with Crippen LogP contribution in [0.25, 0.3) is 0 Å². The summed E-state index contributed by atoms with van der Waals surface area (Å²) in [4.78, 5) is 9.60. The molecular weight excluding hydrogens is 252 g/mol. The summed E-state index contributed by atoms with van der Waals surface area (Å²) in [6.07, 6.45) is 2.48. The Kier molecular flexibility index (Phi) is 6.52. The van der Waals surface area contributed by atoms with Crippen LogP contribution in [0.2, 0.25) is 0 Å². The normalized spacial score (nSPS) is 15.9. The largest absolute Gasteiger partial charge is 0.462 e. The number of piperidine rings is 1. The zero-order chi connectivity index (χ0) is 15.0. The molecule has 1 aromatic carbocycles. The van der Waals surface area contributed by atoms with Crippen molar-refractivity contribution in [3.8, 4) is 0 Å². The van der Waals surface area contributed by atoms with Gasteiger partial charge in [0.25, 0.3) is 6.47 Å². The average molecular weight is 278 g/mol. The number of nitrogens with two attached hydrogens (primary N) is 1. The van der Waals surface area contributed by atoms with Gasteiger partial charge in [0.05, 0.1) is 0 Å². The van der Waals surface area contributed by atoms with Crippen LogP contribution in [0.5, 0.6) is 0 Å². The molecule has 0 amide bonds. The number of ether oxygens (including phenoxy) is 1. The van der Waals surface area contributed by atoms with Crippen LogP contribution in [0.15, 0.2) is 24.3 Å². The molecule has 1 aliphatic heterocycles. The van der Waals surface area contributed by atoms with E-state index in [1.54, 1.807) is 0 Å². The van der Waals surface area contributed by atoms with Gasteiger partial charge in [-0.25, -0.2) is 0 Å². The number of benzene rings is 1. The first-order valence-electron chi connectivity index (χ1n) is 7.10. The lowest BCUT2D eigenvalue weighted by atomic mass is 9.90. The summed E-state index contributed by atoms with van der Waals surface area (Å²) < 4.78 is 4.55. The highest BCUT2D eigenvalue weighted by Gasteiger charge is 2.14. The average Bonchev–Trinajstić information content (AvgIpc) is 2.39. The van der Waals surface area contributed by atoms with Gasteiger partial charge >= 0.3 is 0 Å². The quantitative estimate of drug-likeness (QED) is 0.645. The number of hydrogen-bond donors (Lipinski definition) is 2. The monoisotopic (exact) mass is 278 g/mol. The first-order valence-corrected chi connectivity index (χ1v) is 7.10. The third-order valence-electron chi connectivity index (χ3n) is 3.12. The summed E-state index contributed by atoms with van der Waals surface area (Å²) in [6, 6.07) is 8.29. The molecule has 0 aromatic heterocycles. The smallest absolute Gasteiger partial charge is 0.293 e. The van der Waals surface area contributed by atoms with Crippen molar-refractivity contribution in [2.45, 2.75) is 45.1 Å². The van der Waals surface area contributed by atoms with Gasteiger partial charge in [-0.05, 0) is 70.3 Å². The van der Waals surface area contributed by atoms with E-state index in [4.69, 9.17) is 5.73 Å². The zero-order valence-electron chi connectivity index (χ0n) is 12.7. The Morgan fingerprint density at radius 1 is 1.30 bits per heavy atom. The number of anilines is 1. The van der Waals surface area contributed by atoms with Crippen LogP contribution in [0.1, 0.15) is 45.1 Å². The minimum absolute atomic E-state index is 0.318. The van der Waals surface area contributed by atoms with E-state index in [-0.39, 0.29) is 5.60 Å². The standard InChI is InChI=1S/C11H16N2.C5H10O2/c12-11-3-1-2-10(8-11)9-4-6-13-7-5-9;1-5(2,3)7-4-6/h1-3,8-9,13H,4-7,12H2;4H,1-3H3. The van der Waals surface area contributed by atoms with Crippen LogP contribution in [-0.2, 0) is 9.53 Å². The van der Waals surface area contributed by atoms with E-state index in [2.05, 4.69) is 22.2 Å². The number of rotatable bonds is 2. The van der Waals surface area contributed by atoms with Gasteiger partial charge < -0.3 is 15.8 Å². The molecule has 0 aliphatic carbocycles. The Morgan fingerprint density at radius 2 is 1.95 bits per heavy atom. The lowest BCUT2D eigenvalue weighted by Gasteiger charge is -2.23. The van der Waals surface area contributed by atoms with Crippen LogP contribution >= 0.6 is 0 Å². The highest BCUT2D eigenvalue weighted by Crippen LogP contribution is 2.25. The molecule has 1 aliphatic rings. The zero-order valence-corrected chi connectivity index (χ0v) is 12.7. The van der Waals surface area contributed by atoms with Crippen molar-refractivity contribution < 1.29 is 9.53 Å². The molecule has 1 heterocycles. The molecule has 2 rings (SSSR count). The minimum Gasteiger partial charge on any atom is -0.462 e. The summed E-state index contributed by atoms with van der Waals surface area (Å²) in [5.74, 6) is 0.713. The maximum absolute atomic E-state index is 9.60. The van der Waals surface area contributed by atoms with Crippen LogP contribution in [-0.4, -0.2) is 25.2 Å².